The Morgan fingerprint density at radius 1 is 1.33 bits per heavy atom. The van der Waals surface area contributed by atoms with Gasteiger partial charge in [0.1, 0.15) is 10.7 Å². The molecule has 9 heteroatoms. The lowest BCUT2D eigenvalue weighted by Crippen LogP contribution is -2.12. The summed E-state index contributed by atoms with van der Waals surface area (Å²) in [4.78, 5) is 25.6. The Morgan fingerprint density at radius 3 is 2.76 bits per heavy atom. The van der Waals surface area contributed by atoms with Gasteiger partial charge in [-0.25, -0.2) is 10.1 Å². The summed E-state index contributed by atoms with van der Waals surface area (Å²) in [6, 6.07) is 0. The number of nitrogens with zero attached hydrogens (tertiary/aromatic N) is 3. The molecule has 0 aliphatic heterocycles. The van der Waals surface area contributed by atoms with E-state index in [0.717, 1.165) is 15.3 Å². The summed E-state index contributed by atoms with van der Waals surface area (Å²) in [6.45, 7) is 5.88. The second-order valence-electron chi connectivity index (χ2n) is 4.68. The molecule has 0 fully saturated rings. The first-order chi connectivity index (χ1) is 9.95. The van der Waals surface area contributed by atoms with Crippen LogP contribution in [-0.2, 0) is 0 Å². The number of fused-ring (bicyclic) bond motifs is 1. The molecule has 110 valence electrons. The summed E-state index contributed by atoms with van der Waals surface area (Å²) < 4.78 is 0. The van der Waals surface area contributed by atoms with Crippen LogP contribution in [0.4, 0.5) is 5.95 Å². The summed E-state index contributed by atoms with van der Waals surface area (Å²) in [6.07, 6.45) is 0. The van der Waals surface area contributed by atoms with Crippen molar-refractivity contribution in [1.82, 2.24) is 25.1 Å². The molecule has 0 amide bonds. The molecule has 0 radical (unpaired) electrons. The molecule has 3 aromatic heterocycles. The Bertz CT molecular complexity index is 864. The van der Waals surface area contributed by atoms with Gasteiger partial charge in [-0.2, -0.15) is 4.98 Å². The van der Waals surface area contributed by atoms with Gasteiger partial charge in [0.15, 0.2) is 0 Å². The van der Waals surface area contributed by atoms with E-state index in [1.54, 1.807) is 0 Å². The first-order valence-corrected chi connectivity index (χ1v) is 7.99. The van der Waals surface area contributed by atoms with Crippen molar-refractivity contribution in [2.75, 3.05) is 5.73 Å². The highest BCUT2D eigenvalue weighted by Gasteiger charge is 2.17. The molecule has 1 atom stereocenters. The number of aryl methyl sites for hydroxylation is 2. The number of nitrogens with one attached hydrogen (secondary N) is 2. The van der Waals surface area contributed by atoms with Crippen LogP contribution < -0.4 is 11.3 Å². The van der Waals surface area contributed by atoms with Crippen LogP contribution in [0.25, 0.3) is 10.2 Å². The minimum absolute atomic E-state index is 0.0833. The van der Waals surface area contributed by atoms with Crippen LogP contribution in [0, 0.1) is 13.8 Å². The van der Waals surface area contributed by atoms with Crippen LogP contribution in [0.1, 0.15) is 28.4 Å². The molecule has 0 aliphatic rings. The molecule has 0 bridgehead atoms. The van der Waals surface area contributed by atoms with Gasteiger partial charge >= 0.3 is 0 Å². The number of H-pyrrole nitrogens is 2. The molecule has 0 aliphatic carbocycles. The monoisotopic (exact) mass is 322 g/mol. The van der Waals surface area contributed by atoms with E-state index in [2.05, 4.69) is 25.1 Å². The van der Waals surface area contributed by atoms with Crippen molar-refractivity contribution in [3.63, 3.8) is 0 Å². The molecule has 3 aromatic rings. The fourth-order valence-electron chi connectivity index (χ4n) is 1.99. The second-order valence-corrected chi connectivity index (χ2v) is 7.19. The zero-order valence-electron chi connectivity index (χ0n) is 11.7. The van der Waals surface area contributed by atoms with Crippen LogP contribution in [-0.4, -0.2) is 25.1 Å². The third kappa shape index (κ3) is 2.54. The quantitative estimate of drug-likeness (QED) is 0.637. The van der Waals surface area contributed by atoms with E-state index >= 15 is 0 Å². The standard InChI is InChI=1S/C12H14N6OS2/c1-4-5(2)20-10-7(4)9(19)14-8(15-10)6(3)21-12-16-11(13)17-18-12/h6H,1-3H3,(H,14,15,19)(H3,13,16,17,18)/t6-/m1/s1. The maximum atomic E-state index is 12.2. The lowest BCUT2D eigenvalue weighted by molar-refractivity contribution is 0.906. The van der Waals surface area contributed by atoms with Crippen molar-refractivity contribution in [3.8, 4) is 0 Å². The van der Waals surface area contributed by atoms with E-state index in [-0.39, 0.29) is 16.8 Å². The average molecular weight is 322 g/mol. The van der Waals surface area contributed by atoms with Crippen LogP contribution in [0.15, 0.2) is 9.95 Å². The molecule has 0 unspecified atom stereocenters. The molecule has 0 spiro atoms. The van der Waals surface area contributed by atoms with Gasteiger partial charge in [-0.15, -0.1) is 16.4 Å². The first kappa shape index (κ1) is 14.1. The second kappa shape index (κ2) is 5.15. The molecular formula is C12H14N6OS2. The normalized spacial score (nSPS) is 12.9. The van der Waals surface area contributed by atoms with E-state index in [4.69, 9.17) is 5.73 Å². The number of thioether (sulfide) groups is 1. The van der Waals surface area contributed by atoms with Gasteiger partial charge in [-0.05, 0) is 26.3 Å². The smallest absolute Gasteiger partial charge is 0.259 e. The van der Waals surface area contributed by atoms with E-state index in [9.17, 15) is 4.79 Å². The molecule has 21 heavy (non-hydrogen) atoms. The van der Waals surface area contributed by atoms with Gasteiger partial charge in [0.05, 0.1) is 10.6 Å². The third-order valence-electron chi connectivity index (χ3n) is 3.21. The Labute approximate surface area is 128 Å². The Balaban J connectivity index is 1.98. The number of aromatic nitrogens is 5. The number of nitrogens with two attached hydrogens (primary N) is 1. The van der Waals surface area contributed by atoms with Gasteiger partial charge in [0.2, 0.25) is 11.1 Å². The van der Waals surface area contributed by atoms with Gasteiger partial charge in [-0.3, -0.25) is 4.79 Å². The largest absolute Gasteiger partial charge is 0.368 e. The van der Waals surface area contributed by atoms with Crippen LogP contribution in [0.3, 0.4) is 0 Å². The molecule has 0 saturated carbocycles. The highest BCUT2D eigenvalue weighted by Crippen LogP contribution is 2.32. The third-order valence-corrected chi connectivity index (χ3v) is 5.28. The van der Waals surface area contributed by atoms with E-state index in [1.807, 2.05) is 20.8 Å². The fourth-order valence-corrected chi connectivity index (χ4v) is 3.81. The van der Waals surface area contributed by atoms with Crippen LogP contribution in [0.5, 0.6) is 0 Å². The zero-order chi connectivity index (χ0) is 15.1. The predicted molar refractivity (Wildman–Crippen MR) is 84.8 cm³/mol. The molecule has 3 heterocycles. The minimum atomic E-state index is -0.0983. The highest BCUT2D eigenvalue weighted by atomic mass is 32.2. The lowest BCUT2D eigenvalue weighted by Gasteiger charge is -2.07. The van der Waals surface area contributed by atoms with Gasteiger partial charge in [0.25, 0.3) is 5.56 Å². The van der Waals surface area contributed by atoms with Crippen molar-refractivity contribution >= 4 is 39.3 Å². The summed E-state index contributed by atoms with van der Waals surface area (Å²) in [5, 5.41) is 7.68. The lowest BCUT2D eigenvalue weighted by atomic mass is 10.2. The molecule has 0 saturated heterocycles. The van der Waals surface area contributed by atoms with Crippen molar-refractivity contribution in [1.29, 1.82) is 0 Å². The Morgan fingerprint density at radius 2 is 2.10 bits per heavy atom. The number of hydrogen-bond donors (Lipinski definition) is 3. The van der Waals surface area contributed by atoms with Crippen molar-refractivity contribution in [3.05, 3.63) is 26.6 Å². The SMILES string of the molecule is Cc1sc2nc([C@@H](C)Sc3n[nH]c(N)n3)[nH]c(=O)c2c1C. The van der Waals surface area contributed by atoms with E-state index in [1.165, 1.54) is 23.1 Å². The first-order valence-electron chi connectivity index (χ1n) is 6.30. The molecule has 7 nitrogen and oxygen atoms in total. The maximum Gasteiger partial charge on any atom is 0.259 e. The Kier molecular flexibility index (Phi) is 3.46. The summed E-state index contributed by atoms with van der Waals surface area (Å²) in [7, 11) is 0. The number of aromatic amines is 2. The molecular weight excluding hydrogens is 308 g/mol. The van der Waals surface area contributed by atoms with Crippen molar-refractivity contribution in [2.45, 2.75) is 31.2 Å². The number of anilines is 1. The minimum Gasteiger partial charge on any atom is -0.368 e. The summed E-state index contributed by atoms with van der Waals surface area (Å²) in [5.74, 6) is 0.883. The van der Waals surface area contributed by atoms with Gasteiger partial charge in [-0.1, -0.05) is 11.8 Å². The summed E-state index contributed by atoms with van der Waals surface area (Å²) in [5.41, 5.74) is 6.40. The highest BCUT2D eigenvalue weighted by molar-refractivity contribution is 7.99. The number of nitrogen functional groups attached to an aromatic ring is 1. The van der Waals surface area contributed by atoms with Crippen molar-refractivity contribution in [2.24, 2.45) is 0 Å². The van der Waals surface area contributed by atoms with Crippen molar-refractivity contribution < 1.29 is 0 Å². The van der Waals surface area contributed by atoms with Crippen LogP contribution in [0.2, 0.25) is 0 Å². The topological polar surface area (TPSA) is 113 Å². The number of thiophene rings is 1. The molecule has 4 N–H and O–H groups in total. The van der Waals surface area contributed by atoms with E-state index < -0.39 is 0 Å². The van der Waals surface area contributed by atoms with Crippen LogP contribution >= 0.6 is 23.1 Å². The number of hydrogen-bond acceptors (Lipinski definition) is 7. The fraction of sp³-hybridized carbons (Fsp3) is 0.333. The average Bonchev–Trinajstić information content (AvgIpc) is 2.94. The summed E-state index contributed by atoms with van der Waals surface area (Å²) >= 11 is 2.92. The predicted octanol–water partition coefficient (Wildman–Crippen LogP) is 2.16. The Hall–Kier alpha value is -1.87. The van der Waals surface area contributed by atoms with Gasteiger partial charge in [0, 0.05) is 4.88 Å². The van der Waals surface area contributed by atoms with E-state index in [0.29, 0.717) is 16.4 Å². The maximum absolute atomic E-state index is 12.2. The van der Waals surface area contributed by atoms with Gasteiger partial charge < -0.3 is 10.7 Å². The molecule has 3 rings (SSSR count). The zero-order valence-corrected chi connectivity index (χ0v) is 13.4. The molecule has 0 aromatic carbocycles. The number of rotatable bonds is 3.